The number of para-hydroxylation sites is 1. The topological polar surface area (TPSA) is 69.8 Å². The van der Waals surface area contributed by atoms with Crippen LogP contribution in [0.1, 0.15) is 5.56 Å². The molecule has 0 saturated heterocycles. The third kappa shape index (κ3) is 3.58. The van der Waals surface area contributed by atoms with Gasteiger partial charge in [0.25, 0.3) is 0 Å². The van der Waals surface area contributed by atoms with Crippen LogP contribution in [-0.4, -0.2) is 22.4 Å². The maximum absolute atomic E-state index is 12.2. The monoisotopic (exact) mass is 306 g/mol. The van der Waals surface area contributed by atoms with Gasteiger partial charge in [0.15, 0.2) is 0 Å². The van der Waals surface area contributed by atoms with E-state index in [0.29, 0.717) is 18.7 Å². The third-order valence-electron chi connectivity index (χ3n) is 3.50. The maximum atomic E-state index is 12.2. The minimum Gasteiger partial charge on any atom is -0.367 e. The van der Waals surface area contributed by atoms with Crippen molar-refractivity contribution in [3.63, 3.8) is 0 Å². The van der Waals surface area contributed by atoms with Gasteiger partial charge < -0.3 is 15.6 Å². The van der Waals surface area contributed by atoms with Gasteiger partial charge in [-0.05, 0) is 23.8 Å². The second-order valence-electron chi connectivity index (χ2n) is 5.19. The molecule has 1 aromatic carbocycles. The first-order valence-corrected chi connectivity index (χ1v) is 7.42. The van der Waals surface area contributed by atoms with E-state index >= 15 is 0 Å². The number of aromatic nitrogens is 2. The van der Waals surface area contributed by atoms with Gasteiger partial charge in [-0.1, -0.05) is 24.3 Å². The molecular formula is C18H18N4O. The summed E-state index contributed by atoms with van der Waals surface area (Å²) in [6.07, 6.45) is 5.60. The summed E-state index contributed by atoms with van der Waals surface area (Å²) in [6, 6.07) is 11.6. The van der Waals surface area contributed by atoms with Crippen molar-refractivity contribution in [2.75, 3.05) is 17.2 Å². The number of benzene rings is 1. The molecule has 0 saturated carbocycles. The summed E-state index contributed by atoms with van der Waals surface area (Å²) in [4.78, 5) is 19.6. The normalized spacial score (nSPS) is 10.4. The molecule has 0 unspecified atom stereocenters. The van der Waals surface area contributed by atoms with E-state index in [-0.39, 0.29) is 5.91 Å². The zero-order valence-corrected chi connectivity index (χ0v) is 12.7. The number of fused-ring (bicyclic) bond motifs is 1. The Morgan fingerprint density at radius 1 is 1.26 bits per heavy atom. The lowest BCUT2D eigenvalue weighted by atomic mass is 10.1. The molecule has 2 heterocycles. The zero-order chi connectivity index (χ0) is 16.1. The van der Waals surface area contributed by atoms with Crippen LogP contribution < -0.4 is 10.6 Å². The maximum Gasteiger partial charge on any atom is 0.228 e. The number of carbonyl (C=O) groups excluding carboxylic acids is 1. The third-order valence-corrected chi connectivity index (χ3v) is 3.50. The number of hydrogen-bond acceptors (Lipinski definition) is 3. The Bertz CT molecular complexity index is 820. The standard InChI is InChI=1S/C18H18N4O/c1-2-9-19-17-8-7-14(12-21-17)22-18(23)10-13-11-20-16-6-4-3-5-15(13)16/h2-8,11-12,20H,1,9-10H2,(H,19,21)(H,22,23). The minimum absolute atomic E-state index is 0.0663. The summed E-state index contributed by atoms with van der Waals surface area (Å²) < 4.78 is 0. The molecule has 1 amide bonds. The second kappa shape index (κ2) is 6.79. The molecule has 23 heavy (non-hydrogen) atoms. The van der Waals surface area contributed by atoms with Crippen LogP contribution in [0.2, 0.25) is 0 Å². The Morgan fingerprint density at radius 3 is 2.91 bits per heavy atom. The molecule has 0 aliphatic rings. The number of hydrogen-bond donors (Lipinski definition) is 3. The highest BCUT2D eigenvalue weighted by molar-refractivity contribution is 5.95. The van der Waals surface area contributed by atoms with Crippen molar-refractivity contribution in [1.29, 1.82) is 0 Å². The molecule has 0 aliphatic carbocycles. The number of pyridine rings is 1. The fourth-order valence-electron chi connectivity index (χ4n) is 2.41. The Labute approximate surface area is 134 Å². The number of H-pyrrole nitrogens is 1. The fourth-order valence-corrected chi connectivity index (χ4v) is 2.41. The smallest absolute Gasteiger partial charge is 0.228 e. The van der Waals surface area contributed by atoms with E-state index in [4.69, 9.17) is 0 Å². The first-order valence-electron chi connectivity index (χ1n) is 7.42. The molecular weight excluding hydrogens is 288 g/mol. The molecule has 0 bridgehead atoms. The zero-order valence-electron chi connectivity index (χ0n) is 12.7. The molecule has 3 aromatic rings. The Hall–Kier alpha value is -3.08. The summed E-state index contributed by atoms with van der Waals surface area (Å²) >= 11 is 0. The van der Waals surface area contributed by atoms with Crippen LogP contribution in [0, 0.1) is 0 Å². The molecule has 2 aromatic heterocycles. The summed E-state index contributed by atoms with van der Waals surface area (Å²) in [5, 5.41) is 7.02. The van der Waals surface area contributed by atoms with E-state index in [2.05, 4.69) is 27.2 Å². The lowest BCUT2D eigenvalue weighted by molar-refractivity contribution is -0.115. The van der Waals surface area contributed by atoms with Gasteiger partial charge in [0, 0.05) is 23.6 Å². The number of amides is 1. The summed E-state index contributed by atoms with van der Waals surface area (Å²) in [5.74, 6) is 0.683. The Morgan fingerprint density at radius 2 is 2.13 bits per heavy atom. The Kier molecular flexibility index (Phi) is 4.38. The van der Waals surface area contributed by atoms with Crippen molar-refractivity contribution >= 4 is 28.3 Å². The molecule has 116 valence electrons. The van der Waals surface area contributed by atoms with Crippen molar-refractivity contribution in [2.45, 2.75) is 6.42 Å². The number of anilines is 2. The van der Waals surface area contributed by atoms with E-state index in [1.807, 2.05) is 42.6 Å². The highest BCUT2D eigenvalue weighted by Crippen LogP contribution is 2.18. The lowest BCUT2D eigenvalue weighted by Crippen LogP contribution is -2.14. The Balaban J connectivity index is 1.64. The quantitative estimate of drug-likeness (QED) is 0.612. The van der Waals surface area contributed by atoms with Gasteiger partial charge in [-0.2, -0.15) is 0 Å². The average Bonchev–Trinajstić information content (AvgIpc) is 2.97. The summed E-state index contributed by atoms with van der Waals surface area (Å²) in [7, 11) is 0. The van der Waals surface area contributed by atoms with Gasteiger partial charge in [-0.15, -0.1) is 6.58 Å². The number of rotatable bonds is 6. The van der Waals surface area contributed by atoms with Gasteiger partial charge in [0.05, 0.1) is 18.3 Å². The number of carbonyl (C=O) groups is 1. The molecule has 0 radical (unpaired) electrons. The molecule has 5 heteroatoms. The van der Waals surface area contributed by atoms with Gasteiger partial charge in [0.1, 0.15) is 5.82 Å². The van der Waals surface area contributed by atoms with Crippen LogP contribution in [0.15, 0.2) is 61.4 Å². The van der Waals surface area contributed by atoms with Crippen molar-refractivity contribution in [1.82, 2.24) is 9.97 Å². The van der Waals surface area contributed by atoms with Gasteiger partial charge in [0.2, 0.25) is 5.91 Å². The van der Waals surface area contributed by atoms with Gasteiger partial charge in [-0.3, -0.25) is 4.79 Å². The van der Waals surface area contributed by atoms with Crippen LogP contribution in [0.4, 0.5) is 11.5 Å². The second-order valence-corrected chi connectivity index (χ2v) is 5.19. The SMILES string of the molecule is C=CCNc1ccc(NC(=O)Cc2c[nH]c3ccccc23)cn1. The van der Waals surface area contributed by atoms with Crippen LogP contribution >= 0.6 is 0 Å². The first-order chi connectivity index (χ1) is 11.3. The van der Waals surface area contributed by atoms with E-state index < -0.39 is 0 Å². The fraction of sp³-hybridized carbons (Fsp3) is 0.111. The molecule has 0 spiro atoms. The minimum atomic E-state index is -0.0663. The highest BCUT2D eigenvalue weighted by Gasteiger charge is 2.09. The molecule has 0 fully saturated rings. The average molecular weight is 306 g/mol. The molecule has 3 N–H and O–H groups in total. The summed E-state index contributed by atoms with van der Waals surface area (Å²) in [6.45, 7) is 4.29. The van der Waals surface area contributed by atoms with Gasteiger partial charge >= 0.3 is 0 Å². The van der Waals surface area contributed by atoms with Gasteiger partial charge in [-0.25, -0.2) is 4.98 Å². The van der Waals surface area contributed by atoms with Crippen LogP contribution in [0.25, 0.3) is 10.9 Å². The van der Waals surface area contributed by atoms with Crippen LogP contribution in [0.3, 0.4) is 0 Å². The predicted molar refractivity (Wildman–Crippen MR) is 93.6 cm³/mol. The molecule has 0 atom stereocenters. The van der Waals surface area contributed by atoms with Crippen molar-refractivity contribution in [3.05, 3.63) is 67.0 Å². The molecule has 5 nitrogen and oxygen atoms in total. The van der Waals surface area contributed by atoms with Crippen LogP contribution in [0.5, 0.6) is 0 Å². The van der Waals surface area contributed by atoms with Crippen molar-refractivity contribution in [3.8, 4) is 0 Å². The van der Waals surface area contributed by atoms with Crippen molar-refractivity contribution < 1.29 is 4.79 Å². The van der Waals surface area contributed by atoms with E-state index in [1.54, 1.807) is 12.3 Å². The number of nitrogens with one attached hydrogen (secondary N) is 3. The largest absolute Gasteiger partial charge is 0.367 e. The lowest BCUT2D eigenvalue weighted by Gasteiger charge is -2.06. The summed E-state index contributed by atoms with van der Waals surface area (Å²) in [5.41, 5.74) is 2.70. The number of aromatic amines is 1. The highest BCUT2D eigenvalue weighted by atomic mass is 16.1. The van der Waals surface area contributed by atoms with Crippen molar-refractivity contribution in [2.24, 2.45) is 0 Å². The number of nitrogens with zero attached hydrogens (tertiary/aromatic N) is 1. The van der Waals surface area contributed by atoms with Crippen LogP contribution in [-0.2, 0) is 11.2 Å². The van der Waals surface area contributed by atoms with E-state index in [9.17, 15) is 4.79 Å². The van der Waals surface area contributed by atoms with E-state index in [1.165, 1.54) is 0 Å². The molecule has 3 rings (SSSR count). The molecule has 0 aliphatic heterocycles. The first kappa shape index (κ1) is 14.8. The predicted octanol–water partition coefficient (Wildman–Crippen LogP) is 3.34. The van der Waals surface area contributed by atoms with E-state index in [0.717, 1.165) is 22.3 Å².